The van der Waals surface area contributed by atoms with Gasteiger partial charge in [-0.2, -0.15) is 0 Å². The summed E-state index contributed by atoms with van der Waals surface area (Å²) in [7, 11) is 0. The standard InChI is InChI=1S/C22H15Cl2NO3/c1-21-18(19(26)25(20(21)27)16-11-14(23)10-15(24)12-16)22(21,17-8-5-9-28-17)13-6-3-2-4-7-13/h2-12,18H,1H3/t18-,21-,22+/m0/s1. The number of carbonyl (C=O) groups excluding carboxylic acids is 2. The molecule has 2 heterocycles. The van der Waals surface area contributed by atoms with Crippen LogP contribution in [0, 0.1) is 11.3 Å². The molecule has 1 aliphatic heterocycles. The summed E-state index contributed by atoms with van der Waals surface area (Å²) in [4.78, 5) is 28.2. The predicted octanol–water partition coefficient (Wildman–Crippen LogP) is 5.08. The smallest absolute Gasteiger partial charge is 0.241 e. The van der Waals surface area contributed by atoms with Crippen LogP contribution < -0.4 is 4.90 Å². The number of nitrogens with zero attached hydrogens (tertiary/aromatic N) is 1. The summed E-state index contributed by atoms with van der Waals surface area (Å²) in [6.45, 7) is 1.83. The number of hydrogen-bond donors (Lipinski definition) is 0. The van der Waals surface area contributed by atoms with Crippen LogP contribution >= 0.6 is 23.2 Å². The van der Waals surface area contributed by atoms with Gasteiger partial charge >= 0.3 is 0 Å². The van der Waals surface area contributed by atoms with Gasteiger partial charge in [0.15, 0.2) is 0 Å². The van der Waals surface area contributed by atoms with Crippen molar-refractivity contribution in [2.24, 2.45) is 11.3 Å². The second kappa shape index (κ2) is 5.72. The van der Waals surface area contributed by atoms with E-state index in [1.807, 2.05) is 43.3 Å². The van der Waals surface area contributed by atoms with Crippen LogP contribution in [0.1, 0.15) is 18.2 Å². The van der Waals surface area contributed by atoms with Crippen molar-refractivity contribution in [1.29, 1.82) is 0 Å². The topological polar surface area (TPSA) is 50.5 Å². The number of hydrogen-bond acceptors (Lipinski definition) is 3. The van der Waals surface area contributed by atoms with E-state index < -0.39 is 16.7 Å². The first-order valence-electron chi connectivity index (χ1n) is 8.86. The number of furan rings is 1. The largest absolute Gasteiger partial charge is 0.468 e. The van der Waals surface area contributed by atoms with E-state index >= 15 is 0 Å². The van der Waals surface area contributed by atoms with E-state index in [4.69, 9.17) is 27.6 Å². The van der Waals surface area contributed by atoms with E-state index in [0.717, 1.165) is 5.56 Å². The molecule has 1 aromatic heterocycles. The van der Waals surface area contributed by atoms with E-state index in [1.165, 1.54) is 4.90 Å². The van der Waals surface area contributed by atoms with Gasteiger partial charge < -0.3 is 4.42 Å². The molecule has 3 atom stereocenters. The Bertz CT molecular complexity index is 1090. The zero-order valence-corrected chi connectivity index (χ0v) is 16.4. The normalized spacial score (nSPS) is 28.5. The lowest BCUT2D eigenvalue weighted by atomic mass is 9.82. The highest BCUT2D eigenvalue weighted by Crippen LogP contribution is 2.76. The first-order valence-corrected chi connectivity index (χ1v) is 9.62. The number of rotatable bonds is 3. The van der Waals surface area contributed by atoms with Crippen LogP contribution in [-0.4, -0.2) is 11.8 Å². The van der Waals surface area contributed by atoms with Crippen molar-refractivity contribution in [3.05, 3.63) is 88.3 Å². The zero-order chi connectivity index (χ0) is 19.7. The van der Waals surface area contributed by atoms with Crippen molar-refractivity contribution in [3.8, 4) is 0 Å². The molecule has 1 saturated carbocycles. The van der Waals surface area contributed by atoms with Gasteiger partial charge in [0.1, 0.15) is 5.76 Å². The Balaban J connectivity index is 1.67. The Morgan fingerprint density at radius 2 is 1.64 bits per heavy atom. The summed E-state index contributed by atoms with van der Waals surface area (Å²) in [5.74, 6) is -0.484. The lowest BCUT2D eigenvalue weighted by Gasteiger charge is -2.27. The summed E-state index contributed by atoms with van der Waals surface area (Å²) in [6, 6.07) is 17.9. The number of benzene rings is 2. The fourth-order valence-electron chi connectivity index (χ4n) is 4.93. The van der Waals surface area contributed by atoms with Gasteiger partial charge in [0, 0.05) is 10.0 Å². The van der Waals surface area contributed by atoms with Crippen molar-refractivity contribution in [2.75, 3.05) is 4.90 Å². The minimum Gasteiger partial charge on any atom is -0.468 e. The molecule has 4 nitrogen and oxygen atoms in total. The van der Waals surface area contributed by atoms with Gasteiger partial charge in [0.25, 0.3) is 0 Å². The van der Waals surface area contributed by atoms with E-state index in [9.17, 15) is 9.59 Å². The van der Waals surface area contributed by atoms with Gasteiger partial charge in [0.05, 0.1) is 28.7 Å². The Kier molecular flexibility index (Phi) is 3.58. The number of amides is 2. The highest BCUT2D eigenvalue weighted by molar-refractivity contribution is 6.36. The fourth-order valence-corrected chi connectivity index (χ4v) is 5.44. The highest BCUT2D eigenvalue weighted by atomic mass is 35.5. The summed E-state index contributed by atoms with van der Waals surface area (Å²) in [5, 5.41) is 0.739. The minimum atomic E-state index is -0.946. The first-order chi connectivity index (χ1) is 13.4. The van der Waals surface area contributed by atoms with E-state index in [2.05, 4.69) is 0 Å². The third-order valence-electron chi connectivity index (χ3n) is 6.11. The Morgan fingerprint density at radius 1 is 0.964 bits per heavy atom. The molecule has 28 heavy (non-hydrogen) atoms. The van der Waals surface area contributed by atoms with Crippen LogP contribution in [0.25, 0.3) is 0 Å². The molecule has 2 fully saturated rings. The van der Waals surface area contributed by atoms with Crippen molar-refractivity contribution in [2.45, 2.75) is 12.3 Å². The molecule has 2 aromatic carbocycles. The second-order valence-corrected chi connectivity index (χ2v) is 8.27. The number of carbonyl (C=O) groups is 2. The van der Waals surface area contributed by atoms with Crippen LogP contribution in [-0.2, 0) is 15.0 Å². The summed E-state index contributed by atoms with van der Waals surface area (Å²) >= 11 is 12.2. The SMILES string of the molecule is C[C@@]12C(=O)N(c3cc(Cl)cc(Cl)c3)C(=O)[C@@H]1[C@@]2(c1ccccc1)c1ccco1. The van der Waals surface area contributed by atoms with Gasteiger partial charge in [-0.25, -0.2) is 4.90 Å². The molecule has 0 bridgehead atoms. The number of piperidine rings is 1. The molecule has 0 radical (unpaired) electrons. The first kappa shape index (κ1) is 17.5. The van der Waals surface area contributed by atoms with E-state index in [0.29, 0.717) is 21.5 Å². The number of halogens is 2. The van der Waals surface area contributed by atoms with Crippen molar-refractivity contribution < 1.29 is 14.0 Å². The van der Waals surface area contributed by atoms with Gasteiger partial charge in [0.2, 0.25) is 11.8 Å². The molecule has 0 N–H and O–H groups in total. The fraction of sp³-hybridized carbons (Fsp3) is 0.182. The second-order valence-electron chi connectivity index (χ2n) is 7.39. The Morgan fingerprint density at radius 3 is 2.18 bits per heavy atom. The average Bonchev–Trinajstić information content (AvgIpc) is 2.96. The summed E-state index contributed by atoms with van der Waals surface area (Å²) < 4.78 is 5.73. The van der Waals surface area contributed by atoms with Gasteiger partial charge in [-0.3, -0.25) is 9.59 Å². The third-order valence-corrected chi connectivity index (χ3v) is 6.54. The monoisotopic (exact) mass is 411 g/mol. The molecule has 2 amide bonds. The molecule has 140 valence electrons. The molecule has 0 spiro atoms. The molecule has 1 saturated heterocycles. The summed E-state index contributed by atoms with van der Waals surface area (Å²) in [5.41, 5.74) is -0.478. The lowest BCUT2D eigenvalue weighted by Crippen LogP contribution is -2.42. The molecule has 6 heteroatoms. The number of imide groups is 1. The van der Waals surface area contributed by atoms with E-state index in [-0.39, 0.29) is 11.8 Å². The molecular formula is C22H15Cl2NO3. The maximum atomic E-state index is 13.6. The molecule has 0 unspecified atom stereocenters. The van der Waals surface area contributed by atoms with Crippen LogP contribution in [0.2, 0.25) is 10.0 Å². The average molecular weight is 412 g/mol. The number of fused-ring (bicyclic) bond motifs is 1. The van der Waals surface area contributed by atoms with Crippen molar-refractivity contribution in [3.63, 3.8) is 0 Å². The maximum absolute atomic E-state index is 13.6. The lowest BCUT2D eigenvalue weighted by molar-refractivity contribution is -0.125. The molecule has 1 aliphatic carbocycles. The molecule has 5 rings (SSSR count). The van der Waals surface area contributed by atoms with Gasteiger partial charge in [-0.15, -0.1) is 0 Å². The van der Waals surface area contributed by atoms with Crippen molar-refractivity contribution >= 4 is 40.7 Å². The maximum Gasteiger partial charge on any atom is 0.241 e. The van der Waals surface area contributed by atoms with Crippen molar-refractivity contribution in [1.82, 2.24) is 0 Å². The molecular weight excluding hydrogens is 397 g/mol. The van der Waals surface area contributed by atoms with Crippen LogP contribution in [0.15, 0.2) is 71.3 Å². The van der Waals surface area contributed by atoms with E-state index in [1.54, 1.807) is 30.5 Å². The Labute approximate surface area is 171 Å². The van der Waals surface area contributed by atoms with Crippen LogP contribution in [0.5, 0.6) is 0 Å². The van der Waals surface area contributed by atoms with Crippen LogP contribution in [0.3, 0.4) is 0 Å². The quantitative estimate of drug-likeness (QED) is 0.564. The zero-order valence-electron chi connectivity index (χ0n) is 14.9. The van der Waals surface area contributed by atoms with Gasteiger partial charge in [-0.1, -0.05) is 53.5 Å². The highest BCUT2D eigenvalue weighted by Gasteiger charge is 2.88. The third kappa shape index (κ3) is 1.97. The summed E-state index contributed by atoms with van der Waals surface area (Å²) in [6.07, 6.45) is 1.57. The number of anilines is 1. The minimum absolute atomic E-state index is 0.272. The van der Waals surface area contributed by atoms with Gasteiger partial charge in [-0.05, 0) is 42.8 Å². The Hall–Kier alpha value is -2.56. The predicted molar refractivity (Wildman–Crippen MR) is 106 cm³/mol. The molecule has 2 aliphatic rings. The molecule has 3 aromatic rings. The van der Waals surface area contributed by atoms with Crippen LogP contribution in [0.4, 0.5) is 5.69 Å².